The van der Waals surface area contributed by atoms with Crippen molar-refractivity contribution < 1.29 is 19.1 Å². The van der Waals surface area contributed by atoms with Crippen LogP contribution in [-0.2, 0) is 4.79 Å². The van der Waals surface area contributed by atoms with Crippen molar-refractivity contribution in [2.24, 2.45) is 0 Å². The van der Waals surface area contributed by atoms with Crippen LogP contribution in [0.15, 0.2) is 84.4 Å². The van der Waals surface area contributed by atoms with E-state index in [2.05, 4.69) is 29.6 Å². The van der Waals surface area contributed by atoms with Crippen molar-refractivity contribution in [1.29, 1.82) is 0 Å². The van der Waals surface area contributed by atoms with Gasteiger partial charge >= 0.3 is 5.97 Å². The van der Waals surface area contributed by atoms with E-state index in [0.29, 0.717) is 17.2 Å². The number of hydrogen-bond donors (Lipinski definition) is 1. The van der Waals surface area contributed by atoms with E-state index in [4.69, 9.17) is 21.1 Å². The number of Topliss-reactive ketones (excluding diaryl/α,β-unsaturated/α-hetero) is 1. The minimum atomic E-state index is -0.569. The molecule has 0 saturated heterocycles. The first-order valence-electron chi connectivity index (χ1n) is 12.2. The minimum Gasteiger partial charge on any atom is -0.493 e. The number of ketones is 1. The Morgan fingerprint density at radius 1 is 0.946 bits per heavy atom. The van der Waals surface area contributed by atoms with E-state index < -0.39 is 5.97 Å². The molecule has 0 saturated carbocycles. The summed E-state index contributed by atoms with van der Waals surface area (Å²) >= 11 is 6.16. The van der Waals surface area contributed by atoms with Gasteiger partial charge in [0.15, 0.2) is 17.3 Å². The molecule has 5 nitrogen and oxygen atoms in total. The van der Waals surface area contributed by atoms with Crippen molar-refractivity contribution in [3.05, 3.63) is 106 Å². The fraction of sp³-hybridized carbons (Fsp3) is 0.161. The lowest BCUT2D eigenvalue weighted by molar-refractivity contribution is -0.116. The summed E-state index contributed by atoms with van der Waals surface area (Å²) in [7, 11) is 1.53. The summed E-state index contributed by atoms with van der Waals surface area (Å²) in [6.07, 6.45) is 2.22. The van der Waals surface area contributed by atoms with Gasteiger partial charge in [-0.2, -0.15) is 0 Å². The van der Waals surface area contributed by atoms with Crippen molar-refractivity contribution in [2.75, 3.05) is 12.4 Å². The first-order chi connectivity index (χ1) is 18.0. The van der Waals surface area contributed by atoms with E-state index in [0.717, 1.165) is 51.6 Å². The number of fused-ring (bicyclic) bond motifs is 4. The zero-order chi connectivity index (χ0) is 25.5. The molecule has 0 fully saturated rings. The second-order valence-corrected chi connectivity index (χ2v) is 9.64. The summed E-state index contributed by atoms with van der Waals surface area (Å²) in [6, 6.07) is 24.3. The molecule has 0 bridgehead atoms. The van der Waals surface area contributed by atoms with Crippen LogP contribution < -0.4 is 14.8 Å². The number of methoxy groups -OCH3 is 1. The Morgan fingerprint density at radius 2 is 1.76 bits per heavy atom. The van der Waals surface area contributed by atoms with E-state index in [1.807, 2.05) is 24.3 Å². The lowest BCUT2D eigenvalue weighted by Crippen LogP contribution is -2.27. The SMILES string of the molecule is COc1cc([C@@H]2Nc3ccc4ccccc4c3C3=C2C(=O)CCC3)ccc1OC(=O)c1ccccc1Cl. The van der Waals surface area contributed by atoms with Gasteiger partial charge in [0.2, 0.25) is 0 Å². The van der Waals surface area contributed by atoms with Gasteiger partial charge in [0.05, 0.1) is 23.7 Å². The van der Waals surface area contributed by atoms with E-state index in [9.17, 15) is 9.59 Å². The van der Waals surface area contributed by atoms with Gasteiger partial charge < -0.3 is 14.8 Å². The Bertz CT molecular complexity index is 1610. The van der Waals surface area contributed by atoms with Gasteiger partial charge in [-0.3, -0.25) is 4.79 Å². The molecular formula is C31H24ClNO4. The lowest BCUT2D eigenvalue weighted by Gasteiger charge is -2.35. The highest BCUT2D eigenvalue weighted by molar-refractivity contribution is 6.33. The first-order valence-corrected chi connectivity index (χ1v) is 12.6. The monoisotopic (exact) mass is 509 g/mol. The Hall–Kier alpha value is -4.09. The first kappa shape index (κ1) is 23.3. The third-order valence-electron chi connectivity index (χ3n) is 7.09. The molecule has 4 aromatic carbocycles. The van der Waals surface area contributed by atoms with Crippen molar-refractivity contribution >= 4 is 45.4 Å². The predicted octanol–water partition coefficient (Wildman–Crippen LogP) is 7.39. The maximum Gasteiger partial charge on any atom is 0.345 e. The molecule has 1 heterocycles. The molecule has 0 spiro atoms. The summed E-state index contributed by atoms with van der Waals surface area (Å²) in [5, 5.41) is 6.23. The third-order valence-corrected chi connectivity index (χ3v) is 7.42. The summed E-state index contributed by atoms with van der Waals surface area (Å²) < 4.78 is 11.2. The number of rotatable bonds is 4. The standard InChI is InChI=1S/C31H24ClNO4/c1-36-27-17-19(14-16-26(27)37-31(35)21-9-4-5-11-23(21)32)30-29-22(10-6-12-25(29)34)28-20-8-3-2-7-18(20)13-15-24(28)33-30/h2-5,7-9,11,13-17,30,33H,6,10,12H2,1H3/t30-/m0/s1. The molecule has 1 aliphatic heterocycles. The molecule has 1 aliphatic carbocycles. The summed E-state index contributed by atoms with van der Waals surface area (Å²) in [5.41, 5.74) is 5.17. The number of esters is 1. The summed E-state index contributed by atoms with van der Waals surface area (Å²) in [6.45, 7) is 0. The van der Waals surface area contributed by atoms with Gasteiger partial charge in [-0.15, -0.1) is 0 Å². The number of allylic oxidation sites excluding steroid dienone is 1. The molecule has 184 valence electrons. The Kier molecular flexibility index (Phi) is 5.93. The van der Waals surface area contributed by atoms with Gasteiger partial charge in [0, 0.05) is 23.2 Å². The normalized spacial score (nSPS) is 16.6. The molecule has 2 aliphatic rings. The number of anilines is 1. The summed E-state index contributed by atoms with van der Waals surface area (Å²) in [5.74, 6) is 0.267. The molecule has 1 N–H and O–H groups in total. The van der Waals surface area contributed by atoms with Crippen LogP contribution in [0.25, 0.3) is 16.3 Å². The Morgan fingerprint density at radius 3 is 2.59 bits per heavy atom. The van der Waals surface area contributed by atoms with Crippen LogP contribution >= 0.6 is 11.6 Å². The maximum atomic E-state index is 13.3. The van der Waals surface area contributed by atoms with Crippen molar-refractivity contribution in [3.63, 3.8) is 0 Å². The van der Waals surface area contributed by atoms with Crippen LogP contribution in [0.3, 0.4) is 0 Å². The maximum absolute atomic E-state index is 13.3. The Labute approximate surface area is 219 Å². The van der Waals surface area contributed by atoms with E-state index >= 15 is 0 Å². The van der Waals surface area contributed by atoms with Crippen LogP contribution in [-0.4, -0.2) is 18.9 Å². The van der Waals surface area contributed by atoms with Gasteiger partial charge in [-0.05, 0) is 65.1 Å². The van der Waals surface area contributed by atoms with Crippen molar-refractivity contribution in [1.82, 2.24) is 0 Å². The van der Waals surface area contributed by atoms with Gasteiger partial charge in [0.25, 0.3) is 0 Å². The second-order valence-electron chi connectivity index (χ2n) is 9.24. The molecule has 0 radical (unpaired) electrons. The molecule has 0 aromatic heterocycles. The fourth-order valence-corrected chi connectivity index (χ4v) is 5.60. The highest BCUT2D eigenvalue weighted by Gasteiger charge is 2.35. The lowest BCUT2D eigenvalue weighted by atomic mass is 9.77. The zero-order valence-corrected chi connectivity index (χ0v) is 21.0. The molecule has 4 aromatic rings. The average molecular weight is 510 g/mol. The number of nitrogens with one attached hydrogen (secondary N) is 1. The number of hydrogen-bond acceptors (Lipinski definition) is 5. The molecule has 37 heavy (non-hydrogen) atoms. The number of ether oxygens (including phenoxy) is 2. The topological polar surface area (TPSA) is 64.6 Å². The fourth-order valence-electron chi connectivity index (χ4n) is 5.38. The number of benzene rings is 4. The average Bonchev–Trinajstić information content (AvgIpc) is 2.92. The van der Waals surface area contributed by atoms with Gasteiger partial charge in [-0.1, -0.05) is 60.1 Å². The largest absolute Gasteiger partial charge is 0.493 e. The minimum absolute atomic E-state index is 0.158. The molecule has 6 rings (SSSR count). The Balaban J connectivity index is 1.41. The molecular weight excluding hydrogens is 486 g/mol. The predicted molar refractivity (Wildman–Crippen MR) is 145 cm³/mol. The number of carbonyl (C=O) groups is 2. The number of halogens is 1. The molecule has 6 heteroatoms. The van der Waals surface area contributed by atoms with Crippen LogP contribution in [0.4, 0.5) is 5.69 Å². The summed E-state index contributed by atoms with van der Waals surface area (Å²) in [4.78, 5) is 26.0. The molecule has 1 atom stereocenters. The smallest absolute Gasteiger partial charge is 0.345 e. The molecule has 0 amide bonds. The highest BCUT2D eigenvalue weighted by Crippen LogP contribution is 2.48. The van der Waals surface area contributed by atoms with E-state index in [-0.39, 0.29) is 23.1 Å². The zero-order valence-electron chi connectivity index (χ0n) is 20.2. The highest BCUT2D eigenvalue weighted by atomic mass is 35.5. The van der Waals surface area contributed by atoms with Crippen LogP contribution in [0, 0.1) is 0 Å². The number of carbonyl (C=O) groups excluding carboxylic acids is 2. The van der Waals surface area contributed by atoms with Crippen LogP contribution in [0.2, 0.25) is 5.02 Å². The van der Waals surface area contributed by atoms with Crippen molar-refractivity contribution in [3.8, 4) is 11.5 Å². The van der Waals surface area contributed by atoms with Crippen molar-refractivity contribution in [2.45, 2.75) is 25.3 Å². The quantitative estimate of drug-likeness (QED) is 0.229. The third kappa shape index (κ3) is 4.05. The van der Waals surface area contributed by atoms with Crippen LogP contribution in [0.5, 0.6) is 11.5 Å². The van der Waals surface area contributed by atoms with E-state index in [1.165, 1.54) is 7.11 Å². The second kappa shape index (κ2) is 9.41. The van der Waals surface area contributed by atoms with Gasteiger partial charge in [-0.25, -0.2) is 4.79 Å². The molecule has 0 unspecified atom stereocenters. The van der Waals surface area contributed by atoms with E-state index in [1.54, 1.807) is 30.3 Å². The van der Waals surface area contributed by atoms with Crippen LogP contribution in [0.1, 0.15) is 46.8 Å². The van der Waals surface area contributed by atoms with Gasteiger partial charge in [0.1, 0.15) is 0 Å².